The first-order valence-corrected chi connectivity index (χ1v) is 9.45. The average molecular weight is 469 g/mol. The van der Waals surface area contributed by atoms with Crippen LogP contribution in [0.2, 0.25) is 0 Å². The quantitative estimate of drug-likeness (QED) is 0.534. The first-order valence-electron chi connectivity index (χ1n) is 6.88. The zero-order valence-corrected chi connectivity index (χ0v) is 16.2. The molecular weight excluding hydrogens is 458 g/mol. The van der Waals surface area contributed by atoms with E-state index >= 15 is 0 Å². The summed E-state index contributed by atoms with van der Waals surface area (Å²) in [5.74, 6) is 0.480. The average Bonchev–Trinajstić information content (AvgIpc) is 3.06. The van der Waals surface area contributed by atoms with Crippen LogP contribution in [-0.2, 0) is 4.79 Å². The van der Waals surface area contributed by atoms with Crippen molar-refractivity contribution in [2.45, 2.75) is 5.22 Å². The van der Waals surface area contributed by atoms with Crippen molar-refractivity contribution in [2.24, 2.45) is 0 Å². The van der Waals surface area contributed by atoms with E-state index in [0.717, 1.165) is 14.5 Å². The molecule has 8 heteroatoms. The third kappa shape index (κ3) is 4.46. The largest absolute Gasteiger partial charge is 0.411 e. The number of carbonyl (C=O) groups excluding carboxylic acids is 1. The number of hydrogen-bond acceptors (Lipinski definition) is 5. The maximum atomic E-state index is 12.0. The first kappa shape index (κ1) is 17.2. The van der Waals surface area contributed by atoms with Crippen LogP contribution in [0.3, 0.4) is 0 Å². The van der Waals surface area contributed by atoms with Gasteiger partial charge in [-0.2, -0.15) is 0 Å². The molecule has 0 unspecified atom stereocenters. The summed E-state index contributed by atoms with van der Waals surface area (Å²) in [4.78, 5) is 12.0. The predicted molar refractivity (Wildman–Crippen MR) is 101 cm³/mol. The molecule has 0 spiro atoms. The van der Waals surface area contributed by atoms with Crippen LogP contribution in [0, 0.1) is 0 Å². The predicted octanol–water partition coefficient (Wildman–Crippen LogP) is 4.99. The minimum atomic E-state index is -0.145. The molecule has 0 radical (unpaired) electrons. The van der Waals surface area contributed by atoms with Gasteiger partial charge in [0.15, 0.2) is 0 Å². The van der Waals surface area contributed by atoms with Crippen molar-refractivity contribution in [1.29, 1.82) is 0 Å². The molecule has 0 atom stereocenters. The molecule has 0 fully saturated rings. The van der Waals surface area contributed by atoms with Gasteiger partial charge in [-0.25, -0.2) is 0 Å². The fraction of sp³-hybridized carbons (Fsp3) is 0.0625. The molecule has 1 aromatic heterocycles. The lowest BCUT2D eigenvalue weighted by atomic mass is 10.2. The van der Waals surface area contributed by atoms with Crippen LogP contribution < -0.4 is 5.32 Å². The molecule has 24 heavy (non-hydrogen) atoms. The van der Waals surface area contributed by atoms with Crippen molar-refractivity contribution in [3.8, 4) is 11.5 Å². The molecule has 0 aliphatic heterocycles. The monoisotopic (exact) mass is 467 g/mol. The van der Waals surface area contributed by atoms with Gasteiger partial charge in [0.2, 0.25) is 11.8 Å². The smallest absolute Gasteiger partial charge is 0.277 e. The number of thioether (sulfide) groups is 1. The SMILES string of the molecule is O=C(CSc1nnc(-c2ccccc2)o1)Nc1ccc(Br)c(Br)c1. The van der Waals surface area contributed by atoms with E-state index in [0.29, 0.717) is 16.8 Å². The van der Waals surface area contributed by atoms with E-state index in [-0.39, 0.29) is 11.7 Å². The molecule has 0 aliphatic rings. The van der Waals surface area contributed by atoms with Gasteiger partial charge >= 0.3 is 0 Å². The van der Waals surface area contributed by atoms with Gasteiger partial charge in [-0.1, -0.05) is 30.0 Å². The Morgan fingerprint density at radius 1 is 1.08 bits per heavy atom. The van der Waals surface area contributed by atoms with Crippen molar-refractivity contribution in [1.82, 2.24) is 10.2 Å². The van der Waals surface area contributed by atoms with E-state index in [1.807, 2.05) is 48.5 Å². The van der Waals surface area contributed by atoms with Gasteiger partial charge in [0.1, 0.15) is 0 Å². The highest BCUT2D eigenvalue weighted by Crippen LogP contribution is 2.26. The number of rotatable bonds is 5. The van der Waals surface area contributed by atoms with Crippen molar-refractivity contribution in [3.05, 3.63) is 57.5 Å². The summed E-state index contributed by atoms with van der Waals surface area (Å²) < 4.78 is 7.35. The molecule has 0 saturated heterocycles. The Balaban J connectivity index is 1.56. The number of nitrogens with one attached hydrogen (secondary N) is 1. The second-order valence-electron chi connectivity index (χ2n) is 4.70. The molecule has 0 aliphatic carbocycles. The summed E-state index contributed by atoms with van der Waals surface area (Å²) in [5, 5.41) is 11.1. The number of benzene rings is 2. The minimum Gasteiger partial charge on any atom is -0.411 e. The minimum absolute atomic E-state index is 0.145. The Bertz CT molecular complexity index is 856. The van der Waals surface area contributed by atoms with Gasteiger partial charge < -0.3 is 9.73 Å². The molecule has 1 N–H and O–H groups in total. The lowest BCUT2D eigenvalue weighted by molar-refractivity contribution is -0.113. The van der Waals surface area contributed by atoms with Crippen LogP contribution in [-0.4, -0.2) is 21.9 Å². The molecule has 122 valence electrons. The van der Waals surface area contributed by atoms with Crippen molar-refractivity contribution in [3.63, 3.8) is 0 Å². The van der Waals surface area contributed by atoms with Gasteiger partial charge in [-0.3, -0.25) is 4.79 Å². The number of hydrogen-bond donors (Lipinski definition) is 1. The molecule has 1 heterocycles. The normalized spacial score (nSPS) is 10.6. The van der Waals surface area contributed by atoms with E-state index in [1.54, 1.807) is 0 Å². The Morgan fingerprint density at radius 3 is 2.62 bits per heavy atom. The summed E-state index contributed by atoms with van der Waals surface area (Å²) >= 11 is 7.98. The van der Waals surface area contributed by atoms with Crippen LogP contribution in [0.5, 0.6) is 0 Å². The van der Waals surface area contributed by atoms with E-state index in [9.17, 15) is 4.79 Å². The molecule has 3 rings (SSSR count). The second-order valence-corrected chi connectivity index (χ2v) is 7.34. The molecule has 1 amide bonds. The lowest BCUT2D eigenvalue weighted by Gasteiger charge is -2.05. The van der Waals surface area contributed by atoms with Gasteiger partial charge in [0.25, 0.3) is 5.22 Å². The van der Waals surface area contributed by atoms with Crippen molar-refractivity contribution < 1.29 is 9.21 Å². The van der Waals surface area contributed by atoms with Crippen molar-refractivity contribution >= 4 is 55.2 Å². The van der Waals surface area contributed by atoms with Crippen LogP contribution in [0.25, 0.3) is 11.5 Å². The van der Waals surface area contributed by atoms with E-state index in [4.69, 9.17) is 4.42 Å². The summed E-state index contributed by atoms with van der Waals surface area (Å²) in [7, 11) is 0. The molecule has 5 nitrogen and oxygen atoms in total. The highest BCUT2D eigenvalue weighted by molar-refractivity contribution is 9.13. The Morgan fingerprint density at radius 2 is 1.88 bits per heavy atom. The maximum absolute atomic E-state index is 12.0. The highest BCUT2D eigenvalue weighted by atomic mass is 79.9. The van der Waals surface area contributed by atoms with Crippen LogP contribution in [0.4, 0.5) is 5.69 Å². The standard InChI is InChI=1S/C16H11Br2N3O2S/c17-12-7-6-11(8-13(12)18)19-14(22)9-24-16-21-20-15(23-16)10-4-2-1-3-5-10/h1-8H,9H2,(H,19,22). The van der Waals surface area contributed by atoms with Crippen LogP contribution >= 0.6 is 43.6 Å². The number of anilines is 1. The van der Waals surface area contributed by atoms with Gasteiger partial charge in [-0.05, 0) is 62.2 Å². The highest BCUT2D eigenvalue weighted by Gasteiger charge is 2.11. The Kier molecular flexibility index (Phi) is 5.70. The number of carbonyl (C=O) groups is 1. The summed E-state index contributed by atoms with van der Waals surface area (Å²) in [6.07, 6.45) is 0. The number of halogens is 2. The lowest BCUT2D eigenvalue weighted by Crippen LogP contribution is -2.13. The van der Waals surface area contributed by atoms with E-state index < -0.39 is 0 Å². The zero-order valence-electron chi connectivity index (χ0n) is 12.2. The maximum Gasteiger partial charge on any atom is 0.277 e. The zero-order chi connectivity index (χ0) is 16.9. The molecular formula is C16H11Br2N3O2S. The van der Waals surface area contributed by atoms with E-state index in [1.165, 1.54) is 11.8 Å². The number of nitrogens with zero attached hydrogens (tertiary/aromatic N) is 2. The molecule has 0 saturated carbocycles. The topological polar surface area (TPSA) is 68.0 Å². The van der Waals surface area contributed by atoms with Crippen molar-refractivity contribution in [2.75, 3.05) is 11.1 Å². The Labute approximate surface area is 159 Å². The van der Waals surface area contributed by atoms with Gasteiger partial charge in [0.05, 0.1) is 5.75 Å². The second kappa shape index (κ2) is 7.96. The summed E-state index contributed by atoms with van der Waals surface area (Å²) in [5.41, 5.74) is 1.56. The third-order valence-corrected chi connectivity index (χ3v) is 5.66. The molecule has 3 aromatic rings. The third-order valence-electron chi connectivity index (χ3n) is 2.96. The molecule has 0 bridgehead atoms. The van der Waals surface area contributed by atoms with Crippen LogP contribution in [0.15, 0.2) is 67.1 Å². The van der Waals surface area contributed by atoms with E-state index in [2.05, 4.69) is 47.4 Å². The first-order chi connectivity index (χ1) is 11.6. The van der Waals surface area contributed by atoms with Crippen LogP contribution in [0.1, 0.15) is 0 Å². The number of amides is 1. The summed E-state index contributed by atoms with van der Waals surface area (Å²) in [6, 6.07) is 15.0. The van der Waals surface area contributed by atoms with Gasteiger partial charge in [0, 0.05) is 20.2 Å². The fourth-order valence-corrected chi connectivity index (χ4v) is 3.05. The Hall–Kier alpha value is -1.64. The molecule has 2 aromatic carbocycles. The number of aromatic nitrogens is 2. The summed E-state index contributed by atoms with van der Waals surface area (Å²) in [6.45, 7) is 0. The fourth-order valence-electron chi connectivity index (χ4n) is 1.86. The van der Waals surface area contributed by atoms with Gasteiger partial charge in [-0.15, -0.1) is 10.2 Å².